The average molecular weight is 379 g/mol. The van der Waals surface area contributed by atoms with Gasteiger partial charge in [0.05, 0.1) is 29.1 Å². The van der Waals surface area contributed by atoms with Crippen molar-refractivity contribution in [3.63, 3.8) is 0 Å². The second kappa shape index (κ2) is 7.70. The Balaban J connectivity index is 1.73. The van der Waals surface area contributed by atoms with E-state index in [1.807, 2.05) is 0 Å². The first-order valence-corrected chi connectivity index (χ1v) is 8.59. The van der Waals surface area contributed by atoms with Gasteiger partial charge in [-0.3, -0.25) is 4.79 Å². The summed E-state index contributed by atoms with van der Waals surface area (Å²) < 4.78 is 0. The predicted octanol–water partition coefficient (Wildman–Crippen LogP) is 1.50. The molecule has 1 amide bonds. The van der Waals surface area contributed by atoms with E-state index in [1.165, 1.54) is 23.7 Å². The standard InChI is InChI=1S/C15H15ClN6O2S/c16-8-4-18-13(19-5-8)10-1-2-11(21-10)14(24)22-12(3-17)15-20-9(6-23)7-25-15/h1-2,4-5,7,12,21,23H,3,6,17H2,(H,22,24)/t12-/m0/s1. The molecule has 3 heterocycles. The van der Waals surface area contributed by atoms with Gasteiger partial charge in [-0.2, -0.15) is 0 Å². The monoisotopic (exact) mass is 378 g/mol. The highest BCUT2D eigenvalue weighted by Gasteiger charge is 2.19. The van der Waals surface area contributed by atoms with E-state index >= 15 is 0 Å². The number of aromatic amines is 1. The normalized spacial score (nSPS) is 12.1. The molecule has 0 aliphatic carbocycles. The molecule has 0 fully saturated rings. The van der Waals surface area contributed by atoms with E-state index < -0.39 is 6.04 Å². The molecule has 0 bridgehead atoms. The van der Waals surface area contributed by atoms with E-state index in [0.29, 0.717) is 32.9 Å². The Morgan fingerprint density at radius 1 is 1.40 bits per heavy atom. The van der Waals surface area contributed by atoms with Gasteiger partial charge in [-0.1, -0.05) is 11.6 Å². The summed E-state index contributed by atoms with van der Waals surface area (Å²) in [6.45, 7) is 0.0425. The van der Waals surface area contributed by atoms with Crippen molar-refractivity contribution in [2.45, 2.75) is 12.6 Å². The molecule has 3 rings (SSSR count). The number of halogens is 1. The largest absolute Gasteiger partial charge is 0.390 e. The number of H-pyrrole nitrogens is 1. The lowest BCUT2D eigenvalue weighted by atomic mass is 10.3. The number of rotatable bonds is 6. The zero-order chi connectivity index (χ0) is 17.8. The third-order valence-electron chi connectivity index (χ3n) is 3.36. The number of carbonyl (C=O) groups is 1. The number of nitrogens with one attached hydrogen (secondary N) is 2. The van der Waals surface area contributed by atoms with Crippen LogP contribution < -0.4 is 11.1 Å². The molecule has 0 unspecified atom stereocenters. The van der Waals surface area contributed by atoms with E-state index in [0.717, 1.165) is 0 Å². The molecule has 0 saturated heterocycles. The number of nitrogens with zero attached hydrogens (tertiary/aromatic N) is 3. The Kier molecular flexibility index (Phi) is 5.39. The molecule has 0 aliphatic heterocycles. The van der Waals surface area contributed by atoms with Gasteiger partial charge in [0.2, 0.25) is 0 Å². The minimum absolute atomic E-state index is 0.150. The minimum Gasteiger partial charge on any atom is -0.390 e. The number of aliphatic hydroxyl groups excluding tert-OH is 1. The molecular formula is C15H15ClN6O2S. The van der Waals surface area contributed by atoms with Crippen molar-refractivity contribution in [1.29, 1.82) is 0 Å². The first-order chi connectivity index (χ1) is 12.1. The van der Waals surface area contributed by atoms with Crippen molar-refractivity contribution in [3.8, 4) is 11.5 Å². The van der Waals surface area contributed by atoms with Gasteiger partial charge >= 0.3 is 0 Å². The van der Waals surface area contributed by atoms with Crippen LogP contribution in [-0.2, 0) is 6.61 Å². The van der Waals surface area contributed by atoms with Crippen molar-refractivity contribution in [2.24, 2.45) is 5.73 Å². The molecule has 0 spiro atoms. The zero-order valence-corrected chi connectivity index (χ0v) is 14.5. The molecule has 5 N–H and O–H groups in total. The van der Waals surface area contributed by atoms with Crippen LogP contribution in [0, 0.1) is 0 Å². The van der Waals surface area contributed by atoms with E-state index in [2.05, 4.69) is 25.3 Å². The first-order valence-electron chi connectivity index (χ1n) is 7.33. The van der Waals surface area contributed by atoms with Crippen LogP contribution in [0.5, 0.6) is 0 Å². The van der Waals surface area contributed by atoms with E-state index in [1.54, 1.807) is 17.5 Å². The molecule has 0 aromatic carbocycles. The van der Waals surface area contributed by atoms with Gasteiger partial charge in [0.15, 0.2) is 5.82 Å². The number of carbonyl (C=O) groups excluding carboxylic acids is 1. The summed E-state index contributed by atoms with van der Waals surface area (Å²) in [6, 6.07) is 2.91. The number of amides is 1. The number of hydrogen-bond donors (Lipinski definition) is 4. The Morgan fingerprint density at radius 2 is 2.16 bits per heavy atom. The van der Waals surface area contributed by atoms with Gasteiger partial charge in [-0.15, -0.1) is 11.3 Å². The van der Waals surface area contributed by atoms with Gasteiger partial charge in [-0.25, -0.2) is 15.0 Å². The van der Waals surface area contributed by atoms with Crippen LogP contribution in [0.1, 0.15) is 27.2 Å². The maximum atomic E-state index is 12.4. The van der Waals surface area contributed by atoms with Crippen LogP contribution in [0.4, 0.5) is 0 Å². The Morgan fingerprint density at radius 3 is 2.80 bits per heavy atom. The fourth-order valence-corrected chi connectivity index (χ4v) is 3.09. The quantitative estimate of drug-likeness (QED) is 0.514. The third kappa shape index (κ3) is 4.02. The molecule has 130 valence electrons. The summed E-state index contributed by atoms with van der Waals surface area (Å²) in [5.41, 5.74) is 7.24. The van der Waals surface area contributed by atoms with Gasteiger partial charge in [0.1, 0.15) is 10.7 Å². The molecule has 8 nitrogen and oxygen atoms in total. The fraction of sp³-hybridized carbons (Fsp3) is 0.200. The van der Waals surface area contributed by atoms with Crippen LogP contribution in [-0.4, -0.2) is 37.5 Å². The molecule has 3 aromatic rings. The smallest absolute Gasteiger partial charge is 0.268 e. The average Bonchev–Trinajstić information content (AvgIpc) is 3.29. The van der Waals surface area contributed by atoms with Crippen molar-refractivity contribution in [1.82, 2.24) is 25.3 Å². The minimum atomic E-state index is -0.434. The van der Waals surface area contributed by atoms with E-state index in [-0.39, 0.29) is 19.1 Å². The Hall–Kier alpha value is -2.33. The summed E-state index contributed by atoms with van der Waals surface area (Å²) in [6.07, 6.45) is 2.96. The number of aliphatic hydroxyl groups is 1. The second-order valence-electron chi connectivity index (χ2n) is 5.11. The Labute approximate surface area is 152 Å². The summed E-state index contributed by atoms with van der Waals surface area (Å²) in [5.74, 6) is 0.114. The number of hydrogen-bond acceptors (Lipinski definition) is 7. The Bertz CT molecular complexity index is 863. The van der Waals surface area contributed by atoms with E-state index in [4.69, 9.17) is 22.4 Å². The predicted molar refractivity (Wildman–Crippen MR) is 94.1 cm³/mol. The molecule has 0 saturated carbocycles. The summed E-state index contributed by atoms with van der Waals surface area (Å²) in [7, 11) is 0. The van der Waals surface area contributed by atoms with Gasteiger partial charge < -0.3 is 21.1 Å². The first kappa shape index (κ1) is 17.5. The lowest BCUT2D eigenvalue weighted by Gasteiger charge is -2.13. The topological polar surface area (TPSA) is 130 Å². The summed E-state index contributed by atoms with van der Waals surface area (Å²) in [4.78, 5) is 27.8. The van der Waals surface area contributed by atoms with Crippen molar-refractivity contribution in [2.75, 3.05) is 6.54 Å². The van der Waals surface area contributed by atoms with Crippen molar-refractivity contribution < 1.29 is 9.90 Å². The molecule has 3 aromatic heterocycles. The molecule has 10 heteroatoms. The summed E-state index contributed by atoms with van der Waals surface area (Å²) in [5, 5.41) is 14.7. The maximum absolute atomic E-state index is 12.4. The molecule has 0 radical (unpaired) electrons. The van der Waals surface area contributed by atoms with Gasteiger partial charge in [0.25, 0.3) is 5.91 Å². The zero-order valence-electron chi connectivity index (χ0n) is 12.9. The second-order valence-corrected chi connectivity index (χ2v) is 6.43. The number of nitrogens with two attached hydrogens (primary N) is 1. The molecular weight excluding hydrogens is 364 g/mol. The van der Waals surface area contributed by atoms with E-state index in [9.17, 15) is 4.79 Å². The SMILES string of the molecule is NC[C@H](NC(=O)c1ccc(-c2ncc(Cl)cn2)[nH]1)c1nc(CO)cs1. The van der Waals surface area contributed by atoms with Crippen molar-refractivity contribution in [3.05, 3.63) is 51.3 Å². The van der Waals surface area contributed by atoms with Crippen LogP contribution in [0.3, 0.4) is 0 Å². The number of thiazole rings is 1. The molecule has 25 heavy (non-hydrogen) atoms. The highest BCUT2D eigenvalue weighted by Crippen LogP contribution is 2.19. The maximum Gasteiger partial charge on any atom is 0.268 e. The highest BCUT2D eigenvalue weighted by atomic mass is 35.5. The van der Waals surface area contributed by atoms with Crippen LogP contribution in [0.2, 0.25) is 5.02 Å². The fourth-order valence-electron chi connectivity index (χ4n) is 2.12. The lowest BCUT2D eigenvalue weighted by molar-refractivity contribution is 0.0933. The van der Waals surface area contributed by atoms with Crippen LogP contribution in [0.15, 0.2) is 29.9 Å². The van der Waals surface area contributed by atoms with Gasteiger partial charge in [0, 0.05) is 24.3 Å². The van der Waals surface area contributed by atoms with Gasteiger partial charge in [-0.05, 0) is 12.1 Å². The third-order valence-corrected chi connectivity index (χ3v) is 4.56. The van der Waals surface area contributed by atoms with Crippen molar-refractivity contribution >= 4 is 28.8 Å². The summed E-state index contributed by atoms with van der Waals surface area (Å²) >= 11 is 7.11. The number of aromatic nitrogens is 4. The highest BCUT2D eigenvalue weighted by molar-refractivity contribution is 7.09. The van der Waals surface area contributed by atoms with Crippen LogP contribution >= 0.6 is 22.9 Å². The van der Waals surface area contributed by atoms with Crippen LogP contribution in [0.25, 0.3) is 11.5 Å². The molecule has 1 atom stereocenters. The molecule has 0 aliphatic rings. The lowest BCUT2D eigenvalue weighted by Crippen LogP contribution is -2.33.